The molecule has 0 aromatic carbocycles. The summed E-state index contributed by atoms with van der Waals surface area (Å²) in [6, 6.07) is 0. The van der Waals surface area contributed by atoms with Gasteiger partial charge < -0.3 is 14.2 Å². The molecule has 1 unspecified atom stereocenters. The maximum atomic E-state index is 12.9. The minimum Gasteiger partial charge on any atom is -0.462 e. The Morgan fingerprint density at radius 3 is 0.838 bits per heavy atom. The third kappa shape index (κ3) is 64.9. The number of unbranched alkanes of at least 4 members (excludes halogenated alkanes) is 32. The van der Waals surface area contributed by atoms with Crippen LogP contribution in [0.3, 0.4) is 0 Å². The molecular weight excluding hydrogens is 985 g/mol. The van der Waals surface area contributed by atoms with Crippen LogP contribution in [-0.2, 0) is 28.6 Å². The van der Waals surface area contributed by atoms with Gasteiger partial charge in [0.2, 0.25) is 0 Å². The second-order valence-corrected chi connectivity index (χ2v) is 22.3. The molecule has 0 aromatic heterocycles. The van der Waals surface area contributed by atoms with E-state index < -0.39 is 6.10 Å². The summed E-state index contributed by atoms with van der Waals surface area (Å²) >= 11 is 0. The van der Waals surface area contributed by atoms with Crippen LogP contribution in [0.25, 0.3) is 0 Å². The summed E-state index contributed by atoms with van der Waals surface area (Å²) < 4.78 is 16.9. The SMILES string of the molecule is CC/C=C\C/C=C\C/C=C\C/C=C\C/C=C\CCCCCCCC(=O)OC(COC(=O)CC/C=C\C/C=C\C/C=C\C/C=C\CC)COC(=O)CCCCCCCCCCCCCCCCCCCCCCCCCCCCCC. The van der Waals surface area contributed by atoms with Crippen molar-refractivity contribution in [2.75, 3.05) is 13.2 Å². The van der Waals surface area contributed by atoms with Crippen LogP contribution in [-0.4, -0.2) is 37.2 Å². The highest BCUT2D eigenvalue weighted by molar-refractivity contribution is 5.71. The van der Waals surface area contributed by atoms with E-state index in [0.717, 1.165) is 116 Å². The molecule has 6 nitrogen and oxygen atoms in total. The van der Waals surface area contributed by atoms with Crippen LogP contribution in [0.5, 0.6) is 0 Å². The van der Waals surface area contributed by atoms with Crippen LogP contribution in [0.15, 0.2) is 109 Å². The summed E-state index contributed by atoms with van der Waals surface area (Å²) in [6.45, 7) is 6.36. The average molecular weight is 1110 g/mol. The number of esters is 3. The van der Waals surface area contributed by atoms with E-state index in [4.69, 9.17) is 14.2 Å². The van der Waals surface area contributed by atoms with Crippen LogP contribution >= 0.6 is 0 Å². The van der Waals surface area contributed by atoms with Gasteiger partial charge in [-0.3, -0.25) is 14.4 Å². The summed E-state index contributed by atoms with van der Waals surface area (Å²) in [6.07, 6.45) is 92.8. The quantitative estimate of drug-likeness (QED) is 0.0261. The maximum absolute atomic E-state index is 12.9. The van der Waals surface area contributed by atoms with Gasteiger partial charge in [0.05, 0.1) is 0 Å². The van der Waals surface area contributed by atoms with Gasteiger partial charge in [0.15, 0.2) is 6.10 Å². The number of rotatable bonds is 61. The van der Waals surface area contributed by atoms with E-state index in [1.165, 1.54) is 161 Å². The molecule has 6 heteroatoms. The Labute approximate surface area is 495 Å². The highest BCUT2D eigenvalue weighted by atomic mass is 16.6. The van der Waals surface area contributed by atoms with Gasteiger partial charge in [-0.1, -0.05) is 323 Å². The van der Waals surface area contributed by atoms with Crippen LogP contribution in [0.4, 0.5) is 0 Å². The van der Waals surface area contributed by atoms with Crippen molar-refractivity contribution in [2.24, 2.45) is 0 Å². The van der Waals surface area contributed by atoms with Crippen molar-refractivity contribution in [3.63, 3.8) is 0 Å². The second-order valence-electron chi connectivity index (χ2n) is 22.3. The molecule has 0 amide bonds. The van der Waals surface area contributed by atoms with Gasteiger partial charge in [-0.25, -0.2) is 0 Å². The van der Waals surface area contributed by atoms with E-state index in [-0.39, 0.29) is 37.5 Å². The summed E-state index contributed by atoms with van der Waals surface area (Å²) in [5, 5.41) is 0. The van der Waals surface area contributed by atoms with Gasteiger partial charge in [-0.2, -0.15) is 0 Å². The van der Waals surface area contributed by atoms with E-state index in [9.17, 15) is 14.4 Å². The lowest BCUT2D eigenvalue weighted by molar-refractivity contribution is -0.166. The molecule has 0 fully saturated rings. The molecule has 458 valence electrons. The predicted octanol–water partition coefficient (Wildman–Crippen LogP) is 23.4. The first-order valence-corrected chi connectivity index (χ1v) is 33.9. The fourth-order valence-corrected chi connectivity index (χ4v) is 9.55. The minimum absolute atomic E-state index is 0.107. The van der Waals surface area contributed by atoms with Gasteiger partial charge in [0.1, 0.15) is 13.2 Å². The van der Waals surface area contributed by atoms with Crippen LogP contribution in [0, 0.1) is 0 Å². The van der Waals surface area contributed by atoms with Crippen LogP contribution in [0.2, 0.25) is 0 Å². The second kappa shape index (κ2) is 67.6. The first kappa shape index (κ1) is 76.1. The van der Waals surface area contributed by atoms with Crippen molar-refractivity contribution in [3.8, 4) is 0 Å². The first-order valence-electron chi connectivity index (χ1n) is 33.9. The smallest absolute Gasteiger partial charge is 0.306 e. The lowest BCUT2D eigenvalue weighted by Gasteiger charge is -2.18. The summed E-state index contributed by atoms with van der Waals surface area (Å²) in [5.74, 6) is -1.00. The molecule has 0 heterocycles. The van der Waals surface area contributed by atoms with Gasteiger partial charge in [-0.15, -0.1) is 0 Å². The zero-order valence-corrected chi connectivity index (χ0v) is 52.6. The number of carbonyl (C=O) groups is 3. The first-order chi connectivity index (χ1) is 39.5. The Morgan fingerprint density at radius 1 is 0.263 bits per heavy atom. The van der Waals surface area contributed by atoms with Crippen molar-refractivity contribution in [3.05, 3.63) is 109 Å². The zero-order chi connectivity index (χ0) is 57.8. The van der Waals surface area contributed by atoms with E-state index in [1.54, 1.807) is 0 Å². The Hall–Kier alpha value is -3.93. The van der Waals surface area contributed by atoms with E-state index in [0.29, 0.717) is 19.3 Å². The van der Waals surface area contributed by atoms with E-state index in [2.05, 4.69) is 124 Å². The van der Waals surface area contributed by atoms with Gasteiger partial charge in [-0.05, 0) is 89.9 Å². The van der Waals surface area contributed by atoms with E-state index >= 15 is 0 Å². The molecule has 0 spiro atoms. The van der Waals surface area contributed by atoms with Crippen LogP contribution in [0.1, 0.15) is 323 Å². The number of hydrogen-bond acceptors (Lipinski definition) is 6. The molecule has 0 aliphatic heterocycles. The molecule has 0 aliphatic rings. The third-order valence-electron chi connectivity index (χ3n) is 14.5. The van der Waals surface area contributed by atoms with Crippen molar-refractivity contribution >= 4 is 17.9 Å². The monoisotopic (exact) mass is 1110 g/mol. The minimum atomic E-state index is -0.820. The molecule has 0 bridgehead atoms. The Morgan fingerprint density at radius 2 is 0.512 bits per heavy atom. The average Bonchev–Trinajstić information content (AvgIpc) is 3.46. The summed E-state index contributed by atoms with van der Waals surface area (Å²) in [7, 11) is 0. The normalized spacial score (nSPS) is 12.8. The fraction of sp³-hybridized carbons (Fsp3) is 0.716. The standard InChI is InChI=1S/C74H126O6/c1-4-7-10-13-16-19-22-25-27-29-31-33-34-35-36-37-38-39-41-42-44-46-49-52-55-58-61-64-67-73(76)79-70-71(69-78-72(75)66-63-60-57-54-51-48-24-21-18-15-12-9-6-3)80-74(77)68-65-62-59-56-53-50-47-45-43-40-32-30-28-26-23-20-17-14-11-8-5-2/h8-9,11-12,17-18,20-21,26,28,32,40,45,47-48,51,57,60,71H,4-7,10,13-16,19,22-25,27,29-31,33-39,41-44,46,49-50,52-56,58-59,61-70H2,1-3H3/b11-8-,12-9-,20-17-,21-18-,28-26-,40-32-,47-45-,51-48-,60-57-. The number of hydrogen-bond donors (Lipinski definition) is 0. The lowest BCUT2D eigenvalue weighted by atomic mass is 10.0. The van der Waals surface area contributed by atoms with Crippen molar-refractivity contribution in [1.29, 1.82) is 0 Å². The highest BCUT2D eigenvalue weighted by Gasteiger charge is 2.19. The number of allylic oxidation sites excluding steroid dienone is 18. The van der Waals surface area contributed by atoms with Crippen molar-refractivity contribution in [2.45, 2.75) is 329 Å². The van der Waals surface area contributed by atoms with Gasteiger partial charge >= 0.3 is 17.9 Å². The Balaban J connectivity index is 4.31. The molecule has 0 radical (unpaired) electrons. The van der Waals surface area contributed by atoms with Gasteiger partial charge in [0, 0.05) is 19.3 Å². The molecule has 0 saturated heterocycles. The molecule has 1 atom stereocenters. The number of carbonyl (C=O) groups excluding carboxylic acids is 3. The van der Waals surface area contributed by atoms with Crippen molar-refractivity contribution < 1.29 is 28.6 Å². The summed E-state index contributed by atoms with van der Waals surface area (Å²) in [5.41, 5.74) is 0. The van der Waals surface area contributed by atoms with Crippen LogP contribution < -0.4 is 0 Å². The molecule has 80 heavy (non-hydrogen) atoms. The summed E-state index contributed by atoms with van der Waals surface area (Å²) in [4.78, 5) is 38.3. The lowest BCUT2D eigenvalue weighted by Crippen LogP contribution is -2.30. The fourth-order valence-electron chi connectivity index (χ4n) is 9.55. The van der Waals surface area contributed by atoms with Crippen molar-refractivity contribution in [1.82, 2.24) is 0 Å². The van der Waals surface area contributed by atoms with Gasteiger partial charge in [0.25, 0.3) is 0 Å². The molecule has 0 rings (SSSR count). The molecule has 0 aliphatic carbocycles. The molecule has 0 saturated carbocycles. The molecule has 0 N–H and O–H groups in total. The molecular formula is C74H126O6. The number of ether oxygens (including phenoxy) is 3. The highest BCUT2D eigenvalue weighted by Crippen LogP contribution is 2.17. The third-order valence-corrected chi connectivity index (χ3v) is 14.5. The topological polar surface area (TPSA) is 78.9 Å². The Kier molecular flexibility index (Phi) is 64.3. The predicted molar refractivity (Wildman–Crippen MR) is 348 cm³/mol. The molecule has 0 aromatic rings. The van der Waals surface area contributed by atoms with E-state index in [1.807, 2.05) is 6.08 Å². The zero-order valence-electron chi connectivity index (χ0n) is 52.6. The maximum Gasteiger partial charge on any atom is 0.306 e. The Bertz CT molecular complexity index is 1610. The largest absolute Gasteiger partial charge is 0.462 e.